The van der Waals surface area contributed by atoms with E-state index in [1.54, 1.807) is 6.92 Å². The number of nitriles is 1. The molecule has 1 fully saturated rings. The summed E-state index contributed by atoms with van der Waals surface area (Å²) in [5, 5.41) is 31.1. The van der Waals surface area contributed by atoms with E-state index in [9.17, 15) is 24.3 Å². The molecule has 0 aliphatic carbocycles. The summed E-state index contributed by atoms with van der Waals surface area (Å²) in [6.45, 7) is 9.93. The van der Waals surface area contributed by atoms with Crippen LogP contribution in [0.25, 0.3) is 0 Å². The third-order valence-corrected chi connectivity index (χ3v) is 4.42. The number of carboxylic acids is 2. The maximum absolute atomic E-state index is 11.4. The van der Waals surface area contributed by atoms with Gasteiger partial charge in [-0.3, -0.25) is 14.4 Å². The first-order valence-electron chi connectivity index (χ1n) is 9.73. The molecule has 30 heavy (non-hydrogen) atoms. The van der Waals surface area contributed by atoms with E-state index in [0.717, 1.165) is 6.42 Å². The average Bonchev–Trinajstić information content (AvgIpc) is 2.94. The minimum Gasteiger partial charge on any atom is -0.549 e. The van der Waals surface area contributed by atoms with Gasteiger partial charge in [-0.15, -0.1) is 0 Å². The molecule has 0 bridgehead atoms. The fourth-order valence-electron chi connectivity index (χ4n) is 3.24. The Morgan fingerprint density at radius 2 is 1.83 bits per heavy atom. The molecule has 2 N–H and O–H groups in total. The van der Waals surface area contributed by atoms with Crippen LogP contribution in [-0.4, -0.2) is 42.1 Å². The molecule has 164 valence electrons. The number of nitrogens with zero attached hydrogens (tertiary/aromatic N) is 1. The van der Waals surface area contributed by atoms with E-state index >= 15 is 0 Å². The Morgan fingerprint density at radius 3 is 2.20 bits per heavy atom. The number of ether oxygens (including phenoxy) is 1. The topological polar surface area (TPSA) is 157 Å². The summed E-state index contributed by atoms with van der Waals surface area (Å²) in [4.78, 5) is 44.1. The van der Waals surface area contributed by atoms with Gasteiger partial charge in [0.15, 0.2) is 0 Å². The molecule has 0 aromatic carbocycles. The van der Waals surface area contributed by atoms with Crippen molar-refractivity contribution in [2.45, 2.75) is 47.5 Å². The second-order valence-corrected chi connectivity index (χ2v) is 7.86. The van der Waals surface area contributed by atoms with Crippen molar-refractivity contribution in [3.8, 4) is 6.07 Å². The number of hydrogen-bond donors (Lipinski definition) is 2. The molecule has 9 nitrogen and oxygen atoms in total. The molecule has 1 aliphatic heterocycles. The summed E-state index contributed by atoms with van der Waals surface area (Å²) in [5.74, 6) is -6.48. The fourth-order valence-corrected chi connectivity index (χ4v) is 3.24. The van der Waals surface area contributed by atoms with Crippen molar-refractivity contribution in [1.29, 1.82) is 5.26 Å². The Morgan fingerprint density at radius 1 is 1.27 bits per heavy atom. The molecule has 2 unspecified atom stereocenters. The van der Waals surface area contributed by atoms with Crippen LogP contribution in [0, 0.1) is 46.8 Å². The van der Waals surface area contributed by atoms with Crippen molar-refractivity contribution < 1.29 is 85.5 Å². The molecule has 1 rings (SSSR count). The van der Waals surface area contributed by atoms with Crippen molar-refractivity contribution in [2.75, 3.05) is 13.2 Å². The monoisotopic (exact) mass is 450 g/mol. The molecule has 4 atom stereocenters. The van der Waals surface area contributed by atoms with Crippen LogP contribution in [0.3, 0.4) is 0 Å². The number of esters is 1. The van der Waals surface area contributed by atoms with Crippen molar-refractivity contribution in [3.63, 3.8) is 0 Å². The molecular formula is C20H31KN2O7. The number of nitrogens with one attached hydrogen (secondary N) is 1. The SMILES string of the molecule is CC(C)C[C@@H]1CNC(=O)C1C(=O)O.CCOC(=O)C(C(=O)[O-])[C@@H](C#N)CC(C)C.[K+]. The van der Waals surface area contributed by atoms with Gasteiger partial charge in [0, 0.05) is 6.54 Å². The van der Waals surface area contributed by atoms with Crippen LogP contribution in [0.2, 0.25) is 0 Å². The summed E-state index contributed by atoms with van der Waals surface area (Å²) in [5.41, 5.74) is 0. The largest absolute Gasteiger partial charge is 1.00 e. The normalized spacial score (nSPS) is 19.5. The number of carboxylic acid groups (broad SMARTS) is 2. The Bertz CT molecular complexity index is 631. The van der Waals surface area contributed by atoms with Crippen molar-refractivity contribution in [3.05, 3.63) is 0 Å². The molecule has 0 aromatic rings. The van der Waals surface area contributed by atoms with E-state index in [1.165, 1.54) is 0 Å². The maximum atomic E-state index is 11.4. The first-order chi connectivity index (χ1) is 13.5. The smallest absolute Gasteiger partial charge is 0.549 e. The van der Waals surface area contributed by atoms with Gasteiger partial charge in [0.05, 0.1) is 24.6 Å². The average molecular weight is 451 g/mol. The minimum atomic E-state index is -1.55. The molecule has 0 aromatic heterocycles. The van der Waals surface area contributed by atoms with E-state index in [-0.39, 0.29) is 75.7 Å². The van der Waals surface area contributed by atoms with Crippen molar-refractivity contribution in [2.24, 2.45) is 35.5 Å². The van der Waals surface area contributed by atoms with E-state index in [0.29, 0.717) is 18.9 Å². The van der Waals surface area contributed by atoms with Crippen LogP contribution in [-0.2, 0) is 23.9 Å². The maximum Gasteiger partial charge on any atom is 1.00 e. The second-order valence-electron chi connectivity index (χ2n) is 7.86. The van der Waals surface area contributed by atoms with Gasteiger partial charge in [-0.05, 0) is 37.5 Å². The van der Waals surface area contributed by atoms with Gasteiger partial charge >= 0.3 is 63.3 Å². The third kappa shape index (κ3) is 10.9. The molecule has 1 amide bonds. The number of carbonyl (C=O) groups is 4. The molecule has 1 saturated heterocycles. The van der Waals surface area contributed by atoms with Crippen LogP contribution in [0.15, 0.2) is 0 Å². The first kappa shape index (κ1) is 31.2. The number of rotatable bonds is 9. The quantitative estimate of drug-likeness (QED) is 0.223. The molecular weight excluding hydrogens is 419 g/mol. The van der Waals surface area contributed by atoms with E-state index < -0.39 is 35.7 Å². The summed E-state index contributed by atoms with van der Waals surface area (Å²) in [7, 11) is 0. The Balaban J connectivity index is 0. The molecule has 0 radical (unpaired) electrons. The number of aliphatic carboxylic acids is 2. The Hall–Kier alpha value is -0.994. The van der Waals surface area contributed by atoms with Crippen LogP contribution < -0.4 is 61.8 Å². The summed E-state index contributed by atoms with van der Waals surface area (Å²) < 4.78 is 4.62. The van der Waals surface area contributed by atoms with Crippen LogP contribution in [0.1, 0.15) is 47.5 Å². The van der Waals surface area contributed by atoms with Gasteiger partial charge in [-0.1, -0.05) is 27.7 Å². The number of carbonyl (C=O) groups excluding carboxylic acids is 3. The van der Waals surface area contributed by atoms with Gasteiger partial charge < -0.3 is 25.1 Å². The molecule has 10 heteroatoms. The summed E-state index contributed by atoms with van der Waals surface area (Å²) in [6, 6.07) is 1.83. The number of amides is 1. The van der Waals surface area contributed by atoms with Gasteiger partial charge in [-0.2, -0.15) is 5.26 Å². The predicted octanol–water partition coefficient (Wildman–Crippen LogP) is -2.42. The zero-order valence-electron chi connectivity index (χ0n) is 18.6. The second kappa shape index (κ2) is 15.8. The molecule has 0 spiro atoms. The van der Waals surface area contributed by atoms with Crippen molar-refractivity contribution in [1.82, 2.24) is 5.32 Å². The first-order valence-corrected chi connectivity index (χ1v) is 9.73. The van der Waals surface area contributed by atoms with Gasteiger partial charge in [0.1, 0.15) is 11.8 Å². The van der Waals surface area contributed by atoms with Gasteiger partial charge in [-0.25, -0.2) is 0 Å². The molecule has 1 heterocycles. The van der Waals surface area contributed by atoms with Gasteiger partial charge in [0.25, 0.3) is 0 Å². The Kier molecular flexibility index (Phi) is 16.4. The molecule has 0 saturated carbocycles. The van der Waals surface area contributed by atoms with Crippen molar-refractivity contribution >= 4 is 23.8 Å². The van der Waals surface area contributed by atoms with Gasteiger partial charge in [0.2, 0.25) is 5.91 Å². The minimum absolute atomic E-state index is 0. The Labute approximate surface area is 220 Å². The molecule has 1 aliphatic rings. The van der Waals surface area contributed by atoms with E-state index in [1.807, 2.05) is 33.8 Å². The third-order valence-electron chi connectivity index (χ3n) is 4.42. The van der Waals surface area contributed by atoms with Crippen LogP contribution >= 0.6 is 0 Å². The zero-order chi connectivity index (χ0) is 22.7. The standard InChI is InChI=1S/C11H17NO4.C9H15NO3.K/c1-4-16-11(15)9(10(13)14)8(6-12)5-7(2)3;1-5(2)3-6-4-10-8(11)7(6)9(12)13;/h7-9H,4-5H2,1-3H3,(H,13,14);5-7H,3-4H2,1-2H3,(H,10,11)(H,12,13);/q;;+1/p-1/t8-,9?;6-,7?;/m11./s1. The fraction of sp³-hybridized carbons (Fsp3) is 0.750. The van der Waals surface area contributed by atoms with E-state index in [4.69, 9.17) is 10.4 Å². The van der Waals surface area contributed by atoms with Crippen LogP contribution in [0.4, 0.5) is 0 Å². The van der Waals surface area contributed by atoms with E-state index in [2.05, 4.69) is 10.1 Å². The van der Waals surface area contributed by atoms with Crippen LogP contribution in [0.5, 0.6) is 0 Å². The number of hydrogen-bond acceptors (Lipinski definition) is 7. The summed E-state index contributed by atoms with van der Waals surface area (Å²) >= 11 is 0. The summed E-state index contributed by atoms with van der Waals surface area (Å²) in [6.07, 6.45) is 1.11. The zero-order valence-corrected chi connectivity index (χ0v) is 21.8. The predicted molar refractivity (Wildman–Crippen MR) is 101 cm³/mol.